The lowest BCUT2D eigenvalue weighted by Gasteiger charge is -2.10. The zero-order valence-electron chi connectivity index (χ0n) is 18.3. The Morgan fingerprint density at radius 1 is 0.886 bits per heavy atom. The maximum Gasteiger partial charge on any atom is 0.416 e. The fourth-order valence-corrected chi connectivity index (χ4v) is 3.51. The molecule has 7 nitrogen and oxygen atoms in total. The number of rotatable bonds is 6. The van der Waals surface area contributed by atoms with Gasteiger partial charge in [0.2, 0.25) is 5.95 Å². The Kier molecular flexibility index (Phi) is 5.69. The van der Waals surface area contributed by atoms with Gasteiger partial charge >= 0.3 is 6.18 Å². The van der Waals surface area contributed by atoms with E-state index in [1.807, 2.05) is 24.3 Å². The largest absolute Gasteiger partial charge is 0.497 e. The molecule has 2 N–H and O–H groups in total. The zero-order valence-corrected chi connectivity index (χ0v) is 18.3. The molecule has 0 aliphatic carbocycles. The van der Waals surface area contributed by atoms with Crippen LogP contribution < -0.4 is 14.8 Å². The molecule has 2 aromatic heterocycles. The number of ether oxygens (including phenoxy) is 2. The Bertz CT molecular complexity index is 1500. The third kappa shape index (κ3) is 4.86. The van der Waals surface area contributed by atoms with E-state index in [2.05, 4.69) is 25.5 Å². The van der Waals surface area contributed by atoms with Crippen LogP contribution in [0, 0.1) is 0 Å². The number of alkyl halides is 3. The van der Waals surface area contributed by atoms with E-state index in [-0.39, 0.29) is 11.6 Å². The molecule has 0 saturated heterocycles. The smallest absolute Gasteiger partial charge is 0.416 e. The van der Waals surface area contributed by atoms with Gasteiger partial charge in [0.25, 0.3) is 0 Å². The Hall–Kier alpha value is -4.60. The number of fused-ring (bicyclic) bond motifs is 1. The molecule has 0 spiro atoms. The van der Waals surface area contributed by atoms with E-state index in [1.165, 1.54) is 12.1 Å². The molecule has 0 bridgehead atoms. The molecular weight excluding hydrogens is 459 g/mol. The van der Waals surface area contributed by atoms with Crippen LogP contribution in [0.5, 0.6) is 17.2 Å². The van der Waals surface area contributed by atoms with Gasteiger partial charge in [-0.05, 0) is 48.5 Å². The third-order valence-electron chi connectivity index (χ3n) is 5.18. The van der Waals surface area contributed by atoms with Crippen LogP contribution in [0.15, 0.2) is 79.0 Å². The lowest BCUT2D eigenvalue weighted by molar-refractivity contribution is -0.137. The molecule has 3 aromatic carbocycles. The van der Waals surface area contributed by atoms with Crippen LogP contribution in [0.25, 0.3) is 22.3 Å². The van der Waals surface area contributed by atoms with Gasteiger partial charge in [0.05, 0.1) is 18.2 Å². The number of H-pyrrole nitrogens is 1. The third-order valence-corrected chi connectivity index (χ3v) is 5.18. The molecule has 0 amide bonds. The first-order valence-electron chi connectivity index (χ1n) is 10.5. The number of aromatic nitrogens is 4. The quantitative estimate of drug-likeness (QED) is 0.287. The average Bonchev–Trinajstić information content (AvgIpc) is 3.32. The number of anilines is 2. The van der Waals surface area contributed by atoms with E-state index >= 15 is 0 Å². The molecule has 5 rings (SSSR count). The van der Waals surface area contributed by atoms with Gasteiger partial charge in [-0.25, -0.2) is 0 Å². The van der Waals surface area contributed by atoms with Crippen LogP contribution in [0.1, 0.15) is 5.56 Å². The Morgan fingerprint density at radius 2 is 1.74 bits per heavy atom. The zero-order chi connectivity index (χ0) is 24.4. The van der Waals surface area contributed by atoms with Crippen molar-refractivity contribution in [2.45, 2.75) is 6.18 Å². The fourth-order valence-electron chi connectivity index (χ4n) is 3.51. The van der Waals surface area contributed by atoms with Crippen LogP contribution in [-0.4, -0.2) is 27.3 Å². The lowest BCUT2D eigenvalue weighted by atomic mass is 10.2. The van der Waals surface area contributed by atoms with Crippen molar-refractivity contribution >= 4 is 22.5 Å². The summed E-state index contributed by atoms with van der Waals surface area (Å²) in [5, 5.41) is 11.7. The highest BCUT2D eigenvalue weighted by atomic mass is 19.4. The molecule has 0 aliphatic rings. The minimum Gasteiger partial charge on any atom is -0.497 e. The summed E-state index contributed by atoms with van der Waals surface area (Å²) >= 11 is 0. The van der Waals surface area contributed by atoms with Crippen molar-refractivity contribution in [2.75, 3.05) is 12.4 Å². The van der Waals surface area contributed by atoms with Crippen molar-refractivity contribution in [2.24, 2.45) is 0 Å². The summed E-state index contributed by atoms with van der Waals surface area (Å²) in [5.41, 5.74) is 0.903. The molecule has 0 atom stereocenters. The van der Waals surface area contributed by atoms with Gasteiger partial charge in [-0.1, -0.05) is 18.2 Å². The predicted molar refractivity (Wildman–Crippen MR) is 125 cm³/mol. The second kappa shape index (κ2) is 8.98. The van der Waals surface area contributed by atoms with Crippen LogP contribution >= 0.6 is 0 Å². The van der Waals surface area contributed by atoms with Crippen LogP contribution in [-0.2, 0) is 6.18 Å². The van der Waals surface area contributed by atoms with Gasteiger partial charge in [0.1, 0.15) is 17.2 Å². The summed E-state index contributed by atoms with van der Waals surface area (Å²) in [6.45, 7) is 0. The maximum atomic E-state index is 13.0. The van der Waals surface area contributed by atoms with E-state index in [0.717, 1.165) is 23.0 Å². The number of nitrogens with one attached hydrogen (secondary N) is 2. The standard InChI is InChI=1S/C25H18F3N5O2/c1-34-18-8-9-20-21(14-18)29-11-10-22(20)35-19-7-2-4-15(12-19)23-31-24(33-32-23)30-17-6-3-5-16(13-17)25(26,27)28/h2-14H,1H3,(H2,30,31,32,33). The summed E-state index contributed by atoms with van der Waals surface area (Å²) in [6.07, 6.45) is -2.78. The number of halogens is 3. The van der Waals surface area contributed by atoms with Crippen molar-refractivity contribution in [1.82, 2.24) is 20.2 Å². The highest BCUT2D eigenvalue weighted by Crippen LogP contribution is 2.33. The molecule has 0 saturated carbocycles. The predicted octanol–water partition coefficient (Wildman–Crippen LogP) is 6.58. The molecule has 2 heterocycles. The second-order valence-electron chi connectivity index (χ2n) is 7.55. The maximum absolute atomic E-state index is 13.0. The van der Waals surface area contributed by atoms with Crippen molar-refractivity contribution < 1.29 is 22.6 Å². The van der Waals surface area contributed by atoms with Crippen molar-refractivity contribution in [1.29, 1.82) is 0 Å². The molecule has 5 aromatic rings. The van der Waals surface area contributed by atoms with Crippen molar-refractivity contribution in [3.05, 3.63) is 84.6 Å². The number of pyridine rings is 1. The summed E-state index contributed by atoms with van der Waals surface area (Å²) < 4.78 is 50.2. The first kappa shape index (κ1) is 22.2. The Labute approximate surface area is 197 Å². The lowest BCUT2D eigenvalue weighted by Crippen LogP contribution is -2.05. The number of methoxy groups -OCH3 is 1. The number of hydrogen-bond acceptors (Lipinski definition) is 6. The number of benzene rings is 3. The van der Waals surface area contributed by atoms with E-state index < -0.39 is 11.7 Å². The monoisotopic (exact) mass is 477 g/mol. The van der Waals surface area contributed by atoms with E-state index in [4.69, 9.17) is 9.47 Å². The summed E-state index contributed by atoms with van der Waals surface area (Å²) in [7, 11) is 1.59. The van der Waals surface area contributed by atoms with Crippen LogP contribution in [0.2, 0.25) is 0 Å². The fraction of sp³-hybridized carbons (Fsp3) is 0.0800. The number of nitrogens with zero attached hydrogens (tertiary/aromatic N) is 3. The van der Waals surface area contributed by atoms with Crippen LogP contribution in [0.3, 0.4) is 0 Å². The molecule has 176 valence electrons. The first-order chi connectivity index (χ1) is 16.9. The van der Waals surface area contributed by atoms with Gasteiger partial charge in [-0.2, -0.15) is 13.2 Å². The van der Waals surface area contributed by atoms with Gasteiger partial charge < -0.3 is 19.8 Å². The average molecular weight is 477 g/mol. The minimum atomic E-state index is -4.43. The molecule has 0 aliphatic heterocycles. The molecular formula is C25H18F3N5O2. The molecule has 35 heavy (non-hydrogen) atoms. The minimum absolute atomic E-state index is 0.208. The van der Waals surface area contributed by atoms with Crippen molar-refractivity contribution in [3.63, 3.8) is 0 Å². The van der Waals surface area contributed by atoms with Gasteiger partial charge in [0, 0.05) is 28.9 Å². The van der Waals surface area contributed by atoms with E-state index in [9.17, 15) is 13.2 Å². The molecule has 10 heteroatoms. The van der Waals surface area contributed by atoms with Gasteiger partial charge in [-0.15, -0.1) is 10.2 Å². The SMILES string of the molecule is COc1ccc2c(Oc3cccc(-c4nnc(Nc5cccc(C(F)(F)F)c5)[nH]4)c3)ccnc2c1. The Balaban J connectivity index is 1.36. The van der Waals surface area contributed by atoms with Gasteiger partial charge in [0.15, 0.2) is 5.82 Å². The Morgan fingerprint density at radius 3 is 2.57 bits per heavy atom. The van der Waals surface area contributed by atoms with E-state index in [1.54, 1.807) is 37.6 Å². The second-order valence-corrected chi connectivity index (χ2v) is 7.55. The van der Waals surface area contributed by atoms with Crippen molar-refractivity contribution in [3.8, 4) is 28.6 Å². The van der Waals surface area contributed by atoms with Crippen LogP contribution in [0.4, 0.5) is 24.8 Å². The highest BCUT2D eigenvalue weighted by Gasteiger charge is 2.30. The highest BCUT2D eigenvalue weighted by molar-refractivity contribution is 5.86. The summed E-state index contributed by atoms with van der Waals surface area (Å²) in [6, 6.07) is 19.4. The van der Waals surface area contributed by atoms with Gasteiger partial charge in [-0.3, -0.25) is 4.98 Å². The molecule has 0 fully saturated rings. The number of aromatic amines is 1. The normalized spacial score (nSPS) is 11.4. The van der Waals surface area contributed by atoms with E-state index in [0.29, 0.717) is 28.6 Å². The first-order valence-corrected chi connectivity index (χ1v) is 10.5. The summed E-state index contributed by atoms with van der Waals surface area (Å²) in [5.74, 6) is 2.52. The molecule has 0 radical (unpaired) electrons. The number of hydrogen-bond donors (Lipinski definition) is 2. The topological polar surface area (TPSA) is 85.0 Å². The summed E-state index contributed by atoms with van der Waals surface area (Å²) in [4.78, 5) is 7.34. The molecule has 0 unspecified atom stereocenters.